The quantitative estimate of drug-likeness (QED) is 0.410. The van der Waals surface area contributed by atoms with E-state index in [2.05, 4.69) is 31.7 Å². The Labute approximate surface area is 198 Å². The van der Waals surface area contributed by atoms with Crippen molar-refractivity contribution >= 4 is 50.7 Å². The molecule has 1 atom stereocenters. The highest BCUT2D eigenvalue weighted by molar-refractivity contribution is 9.10. The average Bonchev–Trinajstić information content (AvgIpc) is 3.21. The van der Waals surface area contributed by atoms with E-state index >= 15 is 0 Å². The van der Waals surface area contributed by atoms with Crippen LogP contribution < -0.4 is 10.6 Å². The van der Waals surface area contributed by atoms with E-state index in [1.807, 2.05) is 35.0 Å². The van der Waals surface area contributed by atoms with Crippen LogP contribution in [-0.2, 0) is 6.54 Å². The summed E-state index contributed by atoms with van der Waals surface area (Å²) in [7, 11) is 0. The molecule has 2 heterocycles. The first-order valence-electron chi connectivity index (χ1n) is 9.96. The van der Waals surface area contributed by atoms with Crippen LogP contribution in [0.1, 0.15) is 35.1 Å². The minimum Gasteiger partial charge on any atom is -0.395 e. The lowest BCUT2D eigenvalue weighted by Gasteiger charge is -2.24. The molecule has 0 aliphatic carbocycles. The molecule has 6 nitrogen and oxygen atoms in total. The van der Waals surface area contributed by atoms with E-state index < -0.39 is 0 Å². The predicted octanol–water partition coefficient (Wildman–Crippen LogP) is 5.29. The van der Waals surface area contributed by atoms with Crippen molar-refractivity contribution in [3.63, 3.8) is 0 Å². The van der Waals surface area contributed by atoms with E-state index in [1.165, 1.54) is 0 Å². The van der Waals surface area contributed by atoms with E-state index in [-0.39, 0.29) is 18.6 Å². The number of anilines is 1. The normalized spacial score (nSPS) is 15.5. The van der Waals surface area contributed by atoms with Gasteiger partial charge < -0.3 is 15.7 Å². The Hall–Kier alpha value is -1.90. The molecule has 0 bridgehead atoms. The number of hydrogen-bond donors (Lipinski definition) is 3. The fourth-order valence-corrected chi connectivity index (χ4v) is 4.64. The van der Waals surface area contributed by atoms with Gasteiger partial charge in [0.15, 0.2) is 5.69 Å². The Balaban J connectivity index is 1.59. The fraction of sp³-hybridized carbons (Fsp3) is 0.273. The third kappa shape index (κ3) is 4.66. The van der Waals surface area contributed by atoms with E-state index in [9.17, 15) is 4.79 Å². The number of aliphatic hydroxyl groups is 1. The molecule has 9 heteroatoms. The zero-order chi connectivity index (χ0) is 22.0. The van der Waals surface area contributed by atoms with Crippen molar-refractivity contribution in [2.75, 3.05) is 18.5 Å². The molecule has 0 saturated carbocycles. The SMILES string of the molecule is O=C(Nc1cccc(-c2cccc(Br)c2Cl)c1Cl)c1cc2n(n1)CCCC2NCCO. The number of carbonyl (C=O) groups excluding carboxylic acids is 1. The molecule has 1 amide bonds. The van der Waals surface area contributed by atoms with Crippen molar-refractivity contribution in [1.82, 2.24) is 15.1 Å². The lowest BCUT2D eigenvalue weighted by molar-refractivity contribution is 0.102. The van der Waals surface area contributed by atoms with Gasteiger partial charge in [-0.25, -0.2) is 0 Å². The number of aliphatic hydroxyl groups excluding tert-OH is 1. The standard InChI is InChI=1S/C22H21BrCl2N4O2/c23-15-6-1-4-13(20(15)24)14-5-2-7-17(21(14)25)27-22(31)18-12-19-16(26-9-11-30)8-3-10-29(19)28-18/h1-2,4-7,12,16,26,30H,3,8-11H2,(H,27,31). The maximum absolute atomic E-state index is 12.9. The Bertz CT molecular complexity index is 1120. The number of rotatable bonds is 6. The molecule has 0 fully saturated rings. The zero-order valence-corrected chi connectivity index (χ0v) is 19.6. The largest absolute Gasteiger partial charge is 0.395 e. The summed E-state index contributed by atoms with van der Waals surface area (Å²) >= 11 is 16.5. The smallest absolute Gasteiger partial charge is 0.276 e. The van der Waals surface area contributed by atoms with Gasteiger partial charge in [0.2, 0.25) is 0 Å². The fourth-order valence-electron chi connectivity index (χ4n) is 3.77. The number of nitrogens with zero attached hydrogens (tertiary/aromatic N) is 2. The lowest BCUT2D eigenvalue weighted by atomic mass is 10.0. The van der Waals surface area contributed by atoms with Crippen LogP contribution in [0.4, 0.5) is 5.69 Å². The molecule has 1 aliphatic heterocycles. The number of hydrogen-bond acceptors (Lipinski definition) is 4. The summed E-state index contributed by atoms with van der Waals surface area (Å²) in [6.45, 7) is 1.32. The lowest BCUT2D eigenvalue weighted by Crippen LogP contribution is -2.29. The molecule has 1 aromatic heterocycles. The number of aromatic nitrogens is 2. The molecule has 162 valence electrons. The van der Waals surface area contributed by atoms with Gasteiger partial charge in [-0.1, -0.05) is 47.5 Å². The van der Waals surface area contributed by atoms with Gasteiger partial charge in [-0.3, -0.25) is 9.48 Å². The van der Waals surface area contributed by atoms with Gasteiger partial charge in [-0.05, 0) is 47.0 Å². The summed E-state index contributed by atoms with van der Waals surface area (Å²) in [4.78, 5) is 12.9. The van der Waals surface area contributed by atoms with Gasteiger partial charge in [-0.2, -0.15) is 5.10 Å². The first-order valence-corrected chi connectivity index (χ1v) is 11.5. The van der Waals surface area contributed by atoms with Crippen LogP contribution in [0.15, 0.2) is 46.9 Å². The maximum atomic E-state index is 12.9. The number of nitrogens with one attached hydrogen (secondary N) is 2. The highest BCUT2D eigenvalue weighted by Gasteiger charge is 2.24. The van der Waals surface area contributed by atoms with Crippen LogP contribution in [-0.4, -0.2) is 33.9 Å². The number of carbonyl (C=O) groups is 1. The molecule has 1 unspecified atom stereocenters. The van der Waals surface area contributed by atoms with Crippen LogP contribution >= 0.6 is 39.1 Å². The minimum atomic E-state index is -0.331. The van der Waals surface area contributed by atoms with Crippen LogP contribution in [0, 0.1) is 0 Å². The Morgan fingerprint density at radius 2 is 1.94 bits per heavy atom. The number of fused-ring (bicyclic) bond motifs is 1. The summed E-state index contributed by atoms with van der Waals surface area (Å²) in [6, 6.07) is 12.9. The second kappa shape index (κ2) is 9.71. The monoisotopic (exact) mass is 522 g/mol. The average molecular weight is 524 g/mol. The molecule has 3 N–H and O–H groups in total. The van der Waals surface area contributed by atoms with Gasteiger partial charge in [0.05, 0.1) is 28.0 Å². The predicted molar refractivity (Wildman–Crippen MR) is 127 cm³/mol. The highest BCUT2D eigenvalue weighted by Crippen LogP contribution is 2.40. The Kier molecular flexibility index (Phi) is 6.99. The van der Waals surface area contributed by atoms with E-state index in [1.54, 1.807) is 12.1 Å². The van der Waals surface area contributed by atoms with Crippen molar-refractivity contribution in [3.05, 3.63) is 68.4 Å². The number of aryl methyl sites for hydroxylation is 1. The third-order valence-corrected chi connectivity index (χ3v) is 6.96. The van der Waals surface area contributed by atoms with Gasteiger partial charge in [0.25, 0.3) is 5.91 Å². The van der Waals surface area contributed by atoms with Crippen molar-refractivity contribution in [3.8, 4) is 11.1 Å². The molecule has 1 aliphatic rings. The minimum absolute atomic E-state index is 0.0643. The van der Waals surface area contributed by atoms with Crippen LogP contribution in [0.3, 0.4) is 0 Å². The first kappa shape index (κ1) is 22.3. The van der Waals surface area contributed by atoms with Crippen LogP contribution in [0.25, 0.3) is 11.1 Å². The molecule has 0 radical (unpaired) electrons. The molecule has 2 aromatic carbocycles. The molecular weight excluding hydrogens is 503 g/mol. The Morgan fingerprint density at radius 3 is 2.71 bits per heavy atom. The summed E-state index contributed by atoms with van der Waals surface area (Å²) in [5.74, 6) is -0.331. The summed E-state index contributed by atoms with van der Waals surface area (Å²) in [5, 5.41) is 20.7. The summed E-state index contributed by atoms with van der Waals surface area (Å²) < 4.78 is 2.62. The van der Waals surface area contributed by atoms with Crippen LogP contribution in [0.2, 0.25) is 10.0 Å². The topological polar surface area (TPSA) is 79.2 Å². The van der Waals surface area contributed by atoms with Crippen LogP contribution in [0.5, 0.6) is 0 Å². The van der Waals surface area contributed by atoms with E-state index in [4.69, 9.17) is 28.3 Å². The first-order chi connectivity index (χ1) is 15.0. The highest BCUT2D eigenvalue weighted by atomic mass is 79.9. The number of benzene rings is 2. The van der Waals surface area contributed by atoms with Gasteiger partial charge in [-0.15, -0.1) is 0 Å². The van der Waals surface area contributed by atoms with E-state index in [0.29, 0.717) is 28.0 Å². The van der Waals surface area contributed by atoms with Crippen molar-refractivity contribution in [2.45, 2.75) is 25.4 Å². The molecule has 4 rings (SSSR count). The number of amides is 1. The number of halogens is 3. The Morgan fingerprint density at radius 1 is 1.19 bits per heavy atom. The zero-order valence-electron chi connectivity index (χ0n) is 16.5. The maximum Gasteiger partial charge on any atom is 0.276 e. The molecule has 3 aromatic rings. The molecule has 0 saturated heterocycles. The summed E-state index contributed by atoms with van der Waals surface area (Å²) in [6.07, 6.45) is 1.90. The van der Waals surface area contributed by atoms with Crippen molar-refractivity contribution in [1.29, 1.82) is 0 Å². The molecule has 0 spiro atoms. The van der Waals surface area contributed by atoms with Crippen molar-refractivity contribution in [2.24, 2.45) is 0 Å². The van der Waals surface area contributed by atoms with E-state index in [0.717, 1.165) is 40.7 Å². The van der Waals surface area contributed by atoms with Gasteiger partial charge >= 0.3 is 0 Å². The second-order valence-electron chi connectivity index (χ2n) is 7.27. The van der Waals surface area contributed by atoms with Gasteiger partial charge in [0, 0.05) is 34.7 Å². The molecular formula is C22H21BrCl2N4O2. The van der Waals surface area contributed by atoms with Crippen molar-refractivity contribution < 1.29 is 9.90 Å². The second-order valence-corrected chi connectivity index (χ2v) is 8.88. The third-order valence-electron chi connectivity index (χ3n) is 5.25. The molecule has 31 heavy (non-hydrogen) atoms. The van der Waals surface area contributed by atoms with Gasteiger partial charge in [0.1, 0.15) is 0 Å². The summed E-state index contributed by atoms with van der Waals surface area (Å²) in [5.41, 5.74) is 3.26.